The number of benzene rings is 1. The van der Waals surface area contributed by atoms with Crippen molar-refractivity contribution < 1.29 is 14.6 Å². The highest BCUT2D eigenvalue weighted by atomic mass is 32.1. The standard InChI is InChI=1S/C19H21N3O3S/c1-10-11(2)26-19-16(10)18(20-9-21-19)22-7-12-14(24-3)5-6-15(25-4)17(12)13(23)8-22/h5-6,9,13,23H,7-8H2,1-4H3/t13-/m1/s1. The van der Waals surface area contributed by atoms with E-state index < -0.39 is 6.10 Å². The van der Waals surface area contributed by atoms with Gasteiger partial charge in [0.2, 0.25) is 0 Å². The summed E-state index contributed by atoms with van der Waals surface area (Å²) in [6.45, 7) is 5.23. The van der Waals surface area contributed by atoms with Gasteiger partial charge >= 0.3 is 0 Å². The number of aliphatic hydroxyl groups excluding tert-OH is 1. The van der Waals surface area contributed by atoms with Crippen molar-refractivity contribution in [2.24, 2.45) is 0 Å². The molecule has 0 fully saturated rings. The number of anilines is 1. The topological polar surface area (TPSA) is 67.7 Å². The summed E-state index contributed by atoms with van der Waals surface area (Å²) in [6, 6.07) is 3.72. The summed E-state index contributed by atoms with van der Waals surface area (Å²) in [5.74, 6) is 2.28. The molecule has 0 amide bonds. The van der Waals surface area contributed by atoms with E-state index in [1.807, 2.05) is 12.1 Å². The molecule has 3 heterocycles. The number of ether oxygens (including phenoxy) is 2. The van der Waals surface area contributed by atoms with Gasteiger partial charge in [0.05, 0.1) is 26.2 Å². The summed E-state index contributed by atoms with van der Waals surface area (Å²) in [5.41, 5.74) is 2.92. The number of rotatable bonds is 3. The summed E-state index contributed by atoms with van der Waals surface area (Å²) in [4.78, 5) is 13.3. The third-order valence-electron chi connectivity index (χ3n) is 5.03. The van der Waals surface area contributed by atoms with Crippen LogP contribution in [0.15, 0.2) is 18.5 Å². The van der Waals surface area contributed by atoms with Crippen LogP contribution in [0.2, 0.25) is 0 Å². The lowest BCUT2D eigenvalue weighted by Gasteiger charge is -2.35. The van der Waals surface area contributed by atoms with E-state index in [1.54, 1.807) is 31.9 Å². The monoisotopic (exact) mass is 371 g/mol. The smallest absolute Gasteiger partial charge is 0.141 e. The van der Waals surface area contributed by atoms with Gasteiger partial charge in [-0.15, -0.1) is 11.3 Å². The second kappa shape index (κ2) is 6.41. The van der Waals surface area contributed by atoms with Crippen LogP contribution in [0.25, 0.3) is 10.2 Å². The molecule has 0 aliphatic carbocycles. The molecule has 7 heteroatoms. The van der Waals surface area contributed by atoms with E-state index in [-0.39, 0.29) is 0 Å². The van der Waals surface area contributed by atoms with Crippen LogP contribution in [-0.4, -0.2) is 35.8 Å². The number of hydrogen-bond acceptors (Lipinski definition) is 7. The molecule has 0 saturated carbocycles. The first-order valence-corrected chi connectivity index (χ1v) is 9.24. The SMILES string of the molecule is COc1ccc(OC)c2c1CN(c1ncnc3sc(C)c(C)c13)C[C@H]2O. The fourth-order valence-corrected chi connectivity index (χ4v) is 4.63. The van der Waals surface area contributed by atoms with Gasteiger partial charge in [0, 0.05) is 22.5 Å². The van der Waals surface area contributed by atoms with Gasteiger partial charge in [-0.3, -0.25) is 0 Å². The molecular weight excluding hydrogens is 350 g/mol. The Labute approximate surface area is 156 Å². The molecule has 4 rings (SSSR count). The van der Waals surface area contributed by atoms with Gasteiger partial charge in [0.25, 0.3) is 0 Å². The van der Waals surface area contributed by atoms with Crippen molar-refractivity contribution in [3.8, 4) is 11.5 Å². The summed E-state index contributed by atoms with van der Waals surface area (Å²) in [7, 11) is 3.26. The fourth-order valence-electron chi connectivity index (χ4n) is 3.64. The van der Waals surface area contributed by atoms with E-state index in [0.29, 0.717) is 18.8 Å². The normalized spacial score (nSPS) is 16.7. The van der Waals surface area contributed by atoms with Crippen LogP contribution < -0.4 is 14.4 Å². The molecule has 1 atom stereocenters. The Morgan fingerprint density at radius 2 is 1.88 bits per heavy atom. The van der Waals surface area contributed by atoms with Crippen molar-refractivity contribution >= 4 is 27.4 Å². The molecule has 2 aromatic heterocycles. The molecule has 0 unspecified atom stereocenters. The van der Waals surface area contributed by atoms with Gasteiger partial charge in [-0.05, 0) is 31.5 Å². The molecular formula is C19H21N3O3S. The number of nitrogens with zero attached hydrogens (tertiary/aromatic N) is 3. The number of aromatic nitrogens is 2. The zero-order chi connectivity index (χ0) is 18.4. The molecule has 0 bridgehead atoms. The molecule has 3 aromatic rings. The molecule has 1 aromatic carbocycles. The molecule has 0 saturated heterocycles. The van der Waals surface area contributed by atoms with Crippen molar-refractivity contribution in [2.75, 3.05) is 25.7 Å². The number of methoxy groups -OCH3 is 2. The third-order valence-corrected chi connectivity index (χ3v) is 6.15. The summed E-state index contributed by atoms with van der Waals surface area (Å²) < 4.78 is 11.0. The Bertz CT molecular complexity index is 986. The zero-order valence-electron chi connectivity index (χ0n) is 15.2. The highest BCUT2D eigenvalue weighted by Gasteiger charge is 2.31. The van der Waals surface area contributed by atoms with Crippen molar-refractivity contribution in [3.05, 3.63) is 40.0 Å². The maximum absolute atomic E-state index is 10.9. The lowest BCUT2D eigenvalue weighted by Crippen LogP contribution is -2.35. The van der Waals surface area contributed by atoms with E-state index in [2.05, 4.69) is 28.7 Å². The van der Waals surface area contributed by atoms with Crippen LogP contribution in [0, 0.1) is 13.8 Å². The molecule has 1 N–H and O–H groups in total. The molecule has 6 nitrogen and oxygen atoms in total. The van der Waals surface area contributed by atoms with E-state index in [9.17, 15) is 5.11 Å². The number of β-amino-alcohol motifs (C(OH)–C–C–N with tert-alkyl or cyclic N) is 1. The zero-order valence-corrected chi connectivity index (χ0v) is 16.1. The quantitative estimate of drug-likeness (QED) is 0.761. The minimum absolute atomic E-state index is 0.441. The largest absolute Gasteiger partial charge is 0.496 e. The lowest BCUT2D eigenvalue weighted by atomic mass is 9.95. The lowest BCUT2D eigenvalue weighted by molar-refractivity contribution is 0.169. The average Bonchev–Trinajstić information content (AvgIpc) is 2.94. The Kier molecular flexibility index (Phi) is 4.20. The van der Waals surface area contributed by atoms with Crippen LogP contribution in [0.5, 0.6) is 11.5 Å². The van der Waals surface area contributed by atoms with E-state index >= 15 is 0 Å². The van der Waals surface area contributed by atoms with Crippen LogP contribution in [-0.2, 0) is 6.54 Å². The Morgan fingerprint density at radius 1 is 1.15 bits per heavy atom. The fraction of sp³-hybridized carbons (Fsp3) is 0.368. The molecule has 0 radical (unpaired) electrons. The summed E-state index contributed by atoms with van der Waals surface area (Å²) >= 11 is 1.67. The number of fused-ring (bicyclic) bond motifs is 2. The number of thiophene rings is 1. The second-order valence-corrected chi connectivity index (χ2v) is 7.62. The number of hydrogen-bond donors (Lipinski definition) is 1. The first-order valence-electron chi connectivity index (χ1n) is 8.42. The Morgan fingerprint density at radius 3 is 2.62 bits per heavy atom. The average molecular weight is 371 g/mol. The van der Waals surface area contributed by atoms with Gasteiger partial charge in [0.1, 0.15) is 34.6 Å². The molecule has 0 spiro atoms. The van der Waals surface area contributed by atoms with Crippen LogP contribution in [0.1, 0.15) is 27.7 Å². The highest BCUT2D eigenvalue weighted by Crippen LogP contribution is 2.42. The van der Waals surface area contributed by atoms with E-state index in [4.69, 9.17) is 9.47 Å². The van der Waals surface area contributed by atoms with Crippen molar-refractivity contribution in [1.82, 2.24) is 9.97 Å². The minimum Gasteiger partial charge on any atom is -0.496 e. The Balaban J connectivity index is 1.86. The van der Waals surface area contributed by atoms with Crippen molar-refractivity contribution in [3.63, 3.8) is 0 Å². The van der Waals surface area contributed by atoms with Crippen LogP contribution in [0.3, 0.4) is 0 Å². The predicted molar refractivity (Wildman–Crippen MR) is 102 cm³/mol. The van der Waals surface area contributed by atoms with Crippen molar-refractivity contribution in [1.29, 1.82) is 0 Å². The molecule has 26 heavy (non-hydrogen) atoms. The van der Waals surface area contributed by atoms with Gasteiger partial charge in [0.15, 0.2) is 0 Å². The first-order chi connectivity index (χ1) is 12.5. The molecule has 136 valence electrons. The maximum atomic E-state index is 10.9. The second-order valence-electron chi connectivity index (χ2n) is 6.42. The van der Waals surface area contributed by atoms with E-state index in [0.717, 1.165) is 32.9 Å². The highest BCUT2D eigenvalue weighted by molar-refractivity contribution is 7.18. The third kappa shape index (κ3) is 2.50. The summed E-state index contributed by atoms with van der Waals surface area (Å²) in [6.07, 6.45) is 0.909. The number of aliphatic hydroxyl groups is 1. The molecule has 1 aliphatic heterocycles. The first kappa shape index (κ1) is 17.1. The van der Waals surface area contributed by atoms with Gasteiger partial charge < -0.3 is 19.5 Å². The van der Waals surface area contributed by atoms with Crippen LogP contribution >= 0.6 is 11.3 Å². The predicted octanol–water partition coefficient (Wildman–Crippen LogP) is 3.38. The summed E-state index contributed by atoms with van der Waals surface area (Å²) in [5, 5.41) is 11.9. The Hall–Kier alpha value is -2.38. The van der Waals surface area contributed by atoms with E-state index in [1.165, 1.54) is 10.4 Å². The van der Waals surface area contributed by atoms with Crippen molar-refractivity contribution in [2.45, 2.75) is 26.5 Å². The van der Waals surface area contributed by atoms with Gasteiger partial charge in [-0.1, -0.05) is 0 Å². The van der Waals surface area contributed by atoms with Crippen LogP contribution in [0.4, 0.5) is 5.82 Å². The molecule has 1 aliphatic rings. The van der Waals surface area contributed by atoms with Gasteiger partial charge in [-0.25, -0.2) is 9.97 Å². The maximum Gasteiger partial charge on any atom is 0.141 e. The van der Waals surface area contributed by atoms with Gasteiger partial charge in [-0.2, -0.15) is 0 Å². The minimum atomic E-state index is -0.686. The number of aryl methyl sites for hydroxylation is 2.